The van der Waals surface area contributed by atoms with E-state index in [0.29, 0.717) is 12.8 Å². The minimum atomic E-state index is -0.810. The number of para-hydroxylation sites is 1. The maximum Gasteiger partial charge on any atom is 0.238 e. The summed E-state index contributed by atoms with van der Waals surface area (Å²) in [7, 11) is 0. The van der Waals surface area contributed by atoms with E-state index in [4.69, 9.17) is 10.9 Å². The molecule has 1 saturated carbocycles. The van der Waals surface area contributed by atoms with E-state index in [2.05, 4.69) is 10.5 Å². The first-order valence-electron chi connectivity index (χ1n) is 6.01. The molecule has 5 nitrogen and oxygen atoms in total. The van der Waals surface area contributed by atoms with Gasteiger partial charge in [-0.25, -0.2) is 0 Å². The number of amidine groups is 1. The van der Waals surface area contributed by atoms with Crippen molar-refractivity contribution in [2.45, 2.75) is 26.2 Å². The lowest BCUT2D eigenvalue weighted by Crippen LogP contribution is -2.36. The molecular formula is C13H17N3O2. The van der Waals surface area contributed by atoms with E-state index in [9.17, 15) is 4.79 Å². The van der Waals surface area contributed by atoms with Gasteiger partial charge in [0.25, 0.3) is 0 Å². The Morgan fingerprint density at radius 2 is 2.17 bits per heavy atom. The average molecular weight is 247 g/mol. The number of hydrogen-bond acceptors (Lipinski definition) is 3. The zero-order valence-corrected chi connectivity index (χ0v) is 10.3. The quantitative estimate of drug-likeness (QED) is 0.327. The van der Waals surface area contributed by atoms with Crippen LogP contribution in [0.3, 0.4) is 0 Å². The third-order valence-electron chi connectivity index (χ3n) is 3.43. The molecule has 1 amide bonds. The molecule has 96 valence electrons. The van der Waals surface area contributed by atoms with Crippen molar-refractivity contribution in [1.82, 2.24) is 0 Å². The lowest BCUT2D eigenvalue weighted by molar-refractivity contribution is -0.119. The second kappa shape index (κ2) is 4.68. The smallest absolute Gasteiger partial charge is 0.238 e. The van der Waals surface area contributed by atoms with E-state index in [1.54, 1.807) is 0 Å². The predicted octanol–water partition coefficient (Wildman–Crippen LogP) is 1.71. The summed E-state index contributed by atoms with van der Waals surface area (Å²) in [6.45, 7) is 2.03. The van der Waals surface area contributed by atoms with Crippen LogP contribution in [0.2, 0.25) is 0 Å². The number of rotatable bonds is 4. The van der Waals surface area contributed by atoms with Crippen LogP contribution in [0.25, 0.3) is 0 Å². The molecule has 0 radical (unpaired) electrons. The summed E-state index contributed by atoms with van der Waals surface area (Å²) in [4.78, 5) is 12.2. The Bertz CT molecular complexity index is 493. The topological polar surface area (TPSA) is 87.7 Å². The first-order chi connectivity index (χ1) is 8.64. The molecule has 0 aromatic heterocycles. The zero-order valence-electron chi connectivity index (χ0n) is 10.3. The molecule has 0 bridgehead atoms. The van der Waals surface area contributed by atoms with Gasteiger partial charge >= 0.3 is 0 Å². The summed E-state index contributed by atoms with van der Waals surface area (Å²) in [5.74, 6) is -0.201. The molecule has 1 aromatic carbocycles. The first-order valence-corrected chi connectivity index (χ1v) is 6.01. The minimum Gasteiger partial charge on any atom is -0.409 e. The standard InChI is InChI=1S/C13H17N3O2/c1-2-9-5-3-4-6-10(9)15-12(17)13(7-8-13)11(14)16-18/h3-6,18H,2,7-8H2,1H3,(H2,14,16)(H,15,17). The van der Waals surface area contributed by atoms with Gasteiger partial charge in [0, 0.05) is 5.69 Å². The molecule has 4 N–H and O–H groups in total. The lowest BCUT2D eigenvalue weighted by Gasteiger charge is -2.15. The summed E-state index contributed by atoms with van der Waals surface area (Å²) in [6.07, 6.45) is 2.10. The summed E-state index contributed by atoms with van der Waals surface area (Å²) in [5.41, 5.74) is 6.63. The van der Waals surface area contributed by atoms with Crippen LogP contribution in [0.4, 0.5) is 5.69 Å². The fourth-order valence-electron chi connectivity index (χ4n) is 2.01. The Kier molecular flexibility index (Phi) is 3.23. The molecule has 1 fully saturated rings. The summed E-state index contributed by atoms with van der Waals surface area (Å²) >= 11 is 0. The maximum atomic E-state index is 12.2. The second-order valence-electron chi connectivity index (χ2n) is 4.53. The zero-order chi connectivity index (χ0) is 13.2. The van der Waals surface area contributed by atoms with Gasteiger partial charge in [-0.2, -0.15) is 0 Å². The number of amides is 1. The third kappa shape index (κ3) is 2.03. The molecular weight excluding hydrogens is 230 g/mol. The van der Waals surface area contributed by atoms with Gasteiger partial charge in [-0.1, -0.05) is 30.3 Å². The van der Waals surface area contributed by atoms with Crippen molar-refractivity contribution in [3.05, 3.63) is 29.8 Å². The van der Waals surface area contributed by atoms with Crippen molar-refractivity contribution < 1.29 is 10.0 Å². The highest BCUT2D eigenvalue weighted by atomic mass is 16.4. The van der Waals surface area contributed by atoms with Crippen LogP contribution in [-0.2, 0) is 11.2 Å². The summed E-state index contributed by atoms with van der Waals surface area (Å²) < 4.78 is 0. The van der Waals surface area contributed by atoms with Gasteiger partial charge in [0.1, 0.15) is 5.41 Å². The van der Waals surface area contributed by atoms with Crippen LogP contribution >= 0.6 is 0 Å². The van der Waals surface area contributed by atoms with Crippen molar-refractivity contribution in [3.8, 4) is 0 Å². The van der Waals surface area contributed by atoms with Crippen LogP contribution in [0, 0.1) is 5.41 Å². The Morgan fingerprint density at radius 3 is 2.72 bits per heavy atom. The highest BCUT2D eigenvalue weighted by molar-refractivity contribution is 6.14. The van der Waals surface area contributed by atoms with Crippen molar-refractivity contribution in [1.29, 1.82) is 0 Å². The van der Waals surface area contributed by atoms with E-state index in [1.807, 2.05) is 31.2 Å². The number of hydrogen-bond donors (Lipinski definition) is 3. The SMILES string of the molecule is CCc1ccccc1NC(=O)C1(/C(N)=N/O)CC1. The number of benzene rings is 1. The van der Waals surface area contributed by atoms with Gasteiger partial charge in [0.15, 0.2) is 5.84 Å². The fourth-order valence-corrected chi connectivity index (χ4v) is 2.01. The van der Waals surface area contributed by atoms with Gasteiger partial charge in [0.05, 0.1) is 0 Å². The minimum absolute atomic E-state index is 0.00557. The maximum absolute atomic E-state index is 12.2. The fraction of sp³-hybridized carbons (Fsp3) is 0.385. The van der Waals surface area contributed by atoms with Gasteiger partial charge in [-0.05, 0) is 30.9 Å². The average Bonchev–Trinajstić information content (AvgIpc) is 3.20. The second-order valence-corrected chi connectivity index (χ2v) is 4.53. The first kappa shape index (κ1) is 12.4. The van der Waals surface area contributed by atoms with E-state index < -0.39 is 5.41 Å². The number of carbonyl (C=O) groups excluding carboxylic acids is 1. The van der Waals surface area contributed by atoms with Gasteiger partial charge in [0.2, 0.25) is 5.91 Å². The molecule has 0 aliphatic heterocycles. The number of nitrogens with one attached hydrogen (secondary N) is 1. The van der Waals surface area contributed by atoms with Crippen molar-refractivity contribution >= 4 is 17.4 Å². The Labute approximate surface area is 106 Å². The van der Waals surface area contributed by atoms with Crippen molar-refractivity contribution in [2.75, 3.05) is 5.32 Å². The van der Waals surface area contributed by atoms with Gasteiger partial charge in [-0.3, -0.25) is 4.79 Å². The van der Waals surface area contributed by atoms with Crippen LogP contribution in [0.5, 0.6) is 0 Å². The molecule has 1 aliphatic rings. The van der Waals surface area contributed by atoms with E-state index in [0.717, 1.165) is 17.7 Å². The van der Waals surface area contributed by atoms with Gasteiger partial charge in [-0.15, -0.1) is 0 Å². The number of anilines is 1. The molecule has 1 aromatic rings. The Balaban J connectivity index is 2.18. The number of oxime groups is 1. The molecule has 0 unspecified atom stereocenters. The largest absolute Gasteiger partial charge is 0.409 e. The van der Waals surface area contributed by atoms with Crippen molar-refractivity contribution in [3.63, 3.8) is 0 Å². The highest BCUT2D eigenvalue weighted by Gasteiger charge is 2.54. The van der Waals surface area contributed by atoms with Crippen LogP contribution in [-0.4, -0.2) is 17.0 Å². The number of aryl methyl sites for hydroxylation is 1. The Hall–Kier alpha value is -2.04. The third-order valence-corrected chi connectivity index (χ3v) is 3.43. The Morgan fingerprint density at radius 1 is 1.50 bits per heavy atom. The molecule has 0 spiro atoms. The molecule has 18 heavy (non-hydrogen) atoms. The summed E-state index contributed by atoms with van der Waals surface area (Å²) in [6, 6.07) is 7.64. The predicted molar refractivity (Wildman–Crippen MR) is 69.5 cm³/mol. The van der Waals surface area contributed by atoms with Crippen LogP contribution in [0.15, 0.2) is 29.4 Å². The number of nitrogens with zero attached hydrogens (tertiary/aromatic N) is 1. The highest BCUT2D eigenvalue weighted by Crippen LogP contribution is 2.46. The van der Waals surface area contributed by atoms with E-state index in [-0.39, 0.29) is 11.7 Å². The van der Waals surface area contributed by atoms with Crippen LogP contribution in [0.1, 0.15) is 25.3 Å². The molecule has 0 atom stereocenters. The van der Waals surface area contributed by atoms with Crippen molar-refractivity contribution in [2.24, 2.45) is 16.3 Å². The van der Waals surface area contributed by atoms with E-state index >= 15 is 0 Å². The normalized spacial score (nSPS) is 17.3. The lowest BCUT2D eigenvalue weighted by atomic mass is 10.0. The van der Waals surface area contributed by atoms with Crippen LogP contribution < -0.4 is 11.1 Å². The molecule has 0 heterocycles. The monoisotopic (exact) mass is 247 g/mol. The van der Waals surface area contributed by atoms with Gasteiger partial charge < -0.3 is 16.3 Å². The molecule has 0 saturated heterocycles. The molecule has 5 heteroatoms. The molecule has 2 rings (SSSR count). The summed E-state index contributed by atoms with van der Waals surface area (Å²) in [5, 5.41) is 14.5. The molecule has 1 aliphatic carbocycles. The number of nitrogens with two attached hydrogens (primary N) is 1. The van der Waals surface area contributed by atoms with E-state index in [1.165, 1.54) is 0 Å². The number of carbonyl (C=O) groups is 1.